The number of nitrogens with one attached hydrogen (secondary N) is 1. The number of hydrogen-bond acceptors (Lipinski definition) is 5. The first-order chi connectivity index (χ1) is 14.7. The fourth-order valence-electron chi connectivity index (χ4n) is 3.17. The molecule has 0 radical (unpaired) electrons. The van der Waals surface area contributed by atoms with Crippen molar-refractivity contribution in [1.29, 1.82) is 0 Å². The van der Waals surface area contributed by atoms with Crippen LogP contribution < -0.4 is 14.8 Å². The predicted molar refractivity (Wildman–Crippen MR) is 123 cm³/mol. The maximum absolute atomic E-state index is 12.8. The van der Waals surface area contributed by atoms with Gasteiger partial charge in [0, 0.05) is 19.3 Å². The van der Waals surface area contributed by atoms with Gasteiger partial charge >= 0.3 is 0 Å². The van der Waals surface area contributed by atoms with Gasteiger partial charge in [0.15, 0.2) is 11.5 Å². The number of ether oxygens (including phenoxy) is 2. The van der Waals surface area contributed by atoms with Gasteiger partial charge in [0.2, 0.25) is 11.8 Å². The summed E-state index contributed by atoms with van der Waals surface area (Å²) >= 11 is 0. The third-order valence-electron chi connectivity index (χ3n) is 5.31. The van der Waals surface area contributed by atoms with Gasteiger partial charge in [-0.2, -0.15) is 0 Å². The molecule has 0 bridgehead atoms. The highest BCUT2D eigenvalue weighted by atomic mass is 16.5. The Bertz CT molecular complexity index is 883. The highest BCUT2D eigenvalue weighted by molar-refractivity contribution is 5.95. The standard InChI is InChI=1S/C24H33N3O4/c1-17-7-10-20(11-8-17)25-23(28)16-27(4)24(29)18(2)26(3)14-13-19-9-12-21(30-5)22(15-19)31-6/h7-12,15,18H,13-14,16H2,1-6H3,(H,25,28)/t18-/m1/s1. The van der Waals surface area contributed by atoms with Gasteiger partial charge in [0.05, 0.1) is 26.8 Å². The molecule has 0 unspecified atom stereocenters. The molecule has 1 atom stereocenters. The lowest BCUT2D eigenvalue weighted by atomic mass is 10.1. The first kappa shape index (κ1) is 24.2. The number of nitrogens with zero attached hydrogens (tertiary/aromatic N) is 2. The summed E-state index contributed by atoms with van der Waals surface area (Å²) in [5.41, 5.74) is 2.93. The van der Waals surface area contributed by atoms with Crippen molar-refractivity contribution in [3.05, 3.63) is 53.6 Å². The molecule has 0 aliphatic rings. The van der Waals surface area contributed by atoms with Gasteiger partial charge in [-0.15, -0.1) is 0 Å². The Labute approximate surface area is 184 Å². The van der Waals surface area contributed by atoms with Crippen molar-refractivity contribution < 1.29 is 19.1 Å². The van der Waals surface area contributed by atoms with Crippen molar-refractivity contribution in [2.24, 2.45) is 0 Å². The minimum Gasteiger partial charge on any atom is -0.493 e. The summed E-state index contributed by atoms with van der Waals surface area (Å²) in [6.07, 6.45) is 0.756. The van der Waals surface area contributed by atoms with Crippen molar-refractivity contribution >= 4 is 17.5 Å². The lowest BCUT2D eigenvalue weighted by molar-refractivity contribution is -0.137. The smallest absolute Gasteiger partial charge is 0.243 e. The first-order valence-electron chi connectivity index (χ1n) is 10.3. The van der Waals surface area contributed by atoms with E-state index < -0.39 is 0 Å². The molecule has 0 saturated carbocycles. The van der Waals surface area contributed by atoms with Crippen LogP contribution in [-0.2, 0) is 16.0 Å². The Morgan fingerprint density at radius 1 is 1.00 bits per heavy atom. The van der Waals surface area contributed by atoms with Crippen LogP contribution in [0.4, 0.5) is 5.69 Å². The van der Waals surface area contributed by atoms with Crippen LogP contribution in [0.1, 0.15) is 18.1 Å². The van der Waals surface area contributed by atoms with Crippen LogP contribution in [0.3, 0.4) is 0 Å². The second-order valence-electron chi connectivity index (χ2n) is 7.70. The molecular weight excluding hydrogens is 394 g/mol. The second kappa shape index (κ2) is 11.4. The van der Waals surface area contributed by atoms with Crippen molar-refractivity contribution in [3.8, 4) is 11.5 Å². The average Bonchev–Trinajstić information content (AvgIpc) is 2.77. The lowest BCUT2D eigenvalue weighted by Gasteiger charge is -2.28. The lowest BCUT2D eigenvalue weighted by Crippen LogP contribution is -2.46. The third-order valence-corrected chi connectivity index (χ3v) is 5.31. The summed E-state index contributed by atoms with van der Waals surface area (Å²) in [5.74, 6) is 1.05. The third kappa shape index (κ3) is 7.00. The van der Waals surface area contributed by atoms with E-state index in [0.717, 1.165) is 23.2 Å². The van der Waals surface area contributed by atoms with Gasteiger partial charge in [0.1, 0.15) is 0 Å². The largest absolute Gasteiger partial charge is 0.493 e. The van der Waals surface area contributed by atoms with Gasteiger partial charge in [0.25, 0.3) is 0 Å². The van der Waals surface area contributed by atoms with Crippen LogP contribution in [0, 0.1) is 6.92 Å². The Balaban J connectivity index is 1.86. The van der Waals surface area contributed by atoms with Crippen LogP contribution in [0.2, 0.25) is 0 Å². The van der Waals surface area contributed by atoms with Crippen LogP contribution in [0.15, 0.2) is 42.5 Å². The highest BCUT2D eigenvalue weighted by Crippen LogP contribution is 2.27. The molecule has 31 heavy (non-hydrogen) atoms. The molecule has 2 rings (SSSR count). The Morgan fingerprint density at radius 3 is 2.26 bits per heavy atom. The number of likely N-dealkylation sites (N-methyl/N-ethyl adjacent to an activating group) is 2. The summed E-state index contributed by atoms with van der Waals surface area (Å²) in [6, 6.07) is 13.0. The van der Waals surface area contributed by atoms with E-state index >= 15 is 0 Å². The molecule has 0 heterocycles. The average molecular weight is 428 g/mol. The molecule has 0 fully saturated rings. The summed E-state index contributed by atoms with van der Waals surface area (Å²) < 4.78 is 10.6. The van der Waals surface area contributed by atoms with E-state index in [-0.39, 0.29) is 24.4 Å². The van der Waals surface area contributed by atoms with Crippen molar-refractivity contribution in [2.75, 3.05) is 46.7 Å². The van der Waals surface area contributed by atoms with Crippen LogP contribution >= 0.6 is 0 Å². The number of methoxy groups -OCH3 is 2. The molecule has 0 aliphatic carbocycles. The quantitative estimate of drug-likeness (QED) is 0.631. The number of anilines is 1. The zero-order valence-corrected chi connectivity index (χ0v) is 19.3. The maximum atomic E-state index is 12.8. The minimum atomic E-state index is -0.350. The fraction of sp³-hybridized carbons (Fsp3) is 0.417. The molecule has 2 aromatic carbocycles. The molecule has 1 N–H and O–H groups in total. The van der Waals surface area contributed by atoms with E-state index in [4.69, 9.17) is 9.47 Å². The van der Waals surface area contributed by atoms with Gasteiger partial charge < -0.3 is 19.7 Å². The van der Waals surface area contributed by atoms with E-state index in [2.05, 4.69) is 5.32 Å². The van der Waals surface area contributed by atoms with E-state index in [0.29, 0.717) is 18.0 Å². The Morgan fingerprint density at radius 2 is 1.65 bits per heavy atom. The van der Waals surface area contributed by atoms with Crippen LogP contribution in [-0.4, -0.2) is 69.1 Å². The second-order valence-corrected chi connectivity index (χ2v) is 7.70. The number of aryl methyl sites for hydroxylation is 1. The minimum absolute atomic E-state index is 0.000564. The molecular formula is C24H33N3O4. The van der Waals surface area contributed by atoms with E-state index in [1.807, 2.05) is 68.3 Å². The van der Waals surface area contributed by atoms with E-state index in [1.165, 1.54) is 4.90 Å². The van der Waals surface area contributed by atoms with Gasteiger partial charge in [-0.3, -0.25) is 14.5 Å². The number of carbonyl (C=O) groups excluding carboxylic acids is 2. The SMILES string of the molecule is COc1ccc(CCN(C)[C@H](C)C(=O)N(C)CC(=O)Nc2ccc(C)cc2)cc1OC. The van der Waals surface area contributed by atoms with Crippen molar-refractivity contribution in [2.45, 2.75) is 26.3 Å². The number of benzene rings is 2. The van der Waals surface area contributed by atoms with Crippen LogP contribution in [0.25, 0.3) is 0 Å². The molecule has 168 valence electrons. The first-order valence-corrected chi connectivity index (χ1v) is 10.3. The molecule has 0 aromatic heterocycles. The van der Waals surface area contributed by atoms with Crippen molar-refractivity contribution in [1.82, 2.24) is 9.80 Å². The molecule has 7 nitrogen and oxygen atoms in total. The summed E-state index contributed by atoms with van der Waals surface area (Å²) in [4.78, 5) is 28.5. The number of hydrogen-bond donors (Lipinski definition) is 1. The number of rotatable bonds is 10. The molecule has 2 amide bonds. The molecule has 7 heteroatoms. The zero-order chi connectivity index (χ0) is 23.0. The normalized spacial score (nSPS) is 11.7. The van der Waals surface area contributed by atoms with Crippen molar-refractivity contribution in [3.63, 3.8) is 0 Å². The zero-order valence-electron chi connectivity index (χ0n) is 19.3. The monoisotopic (exact) mass is 427 g/mol. The Hall–Kier alpha value is -3.06. The van der Waals surface area contributed by atoms with E-state index in [9.17, 15) is 9.59 Å². The number of amides is 2. The Kier molecular flexibility index (Phi) is 8.88. The van der Waals surface area contributed by atoms with Gasteiger partial charge in [-0.1, -0.05) is 23.8 Å². The topological polar surface area (TPSA) is 71.1 Å². The molecule has 0 spiro atoms. The summed E-state index contributed by atoms with van der Waals surface area (Å²) in [6.45, 7) is 4.53. The maximum Gasteiger partial charge on any atom is 0.243 e. The summed E-state index contributed by atoms with van der Waals surface area (Å²) in [5, 5.41) is 2.82. The van der Waals surface area contributed by atoms with E-state index in [1.54, 1.807) is 21.3 Å². The van der Waals surface area contributed by atoms with Gasteiger partial charge in [-0.05, 0) is 57.1 Å². The molecule has 0 aliphatic heterocycles. The number of carbonyl (C=O) groups is 2. The predicted octanol–water partition coefficient (Wildman–Crippen LogP) is 2.97. The fourth-order valence-corrected chi connectivity index (χ4v) is 3.17. The van der Waals surface area contributed by atoms with Gasteiger partial charge in [-0.25, -0.2) is 0 Å². The highest BCUT2D eigenvalue weighted by Gasteiger charge is 2.23. The molecule has 2 aromatic rings. The molecule has 0 saturated heterocycles. The van der Waals surface area contributed by atoms with Crippen LogP contribution in [0.5, 0.6) is 11.5 Å². The summed E-state index contributed by atoms with van der Waals surface area (Å²) in [7, 11) is 6.77.